The largest absolute Gasteiger partial charge is 0.179 e. The molecule has 30 heavy (non-hydrogen) atoms. The summed E-state index contributed by atoms with van der Waals surface area (Å²) in [6.45, 7) is 0. The predicted molar refractivity (Wildman–Crippen MR) is 135 cm³/mol. The van der Waals surface area contributed by atoms with Crippen molar-refractivity contribution in [3.63, 3.8) is 0 Å². The molecule has 0 bridgehead atoms. The first-order chi connectivity index (χ1) is 14.8. The van der Waals surface area contributed by atoms with E-state index in [0.717, 1.165) is 12.8 Å². The number of benzene rings is 4. The average Bonchev–Trinajstić information content (AvgIpc) is 2.82. The molecule has 0 atom stereocenters. The number of fused-ring (bicyclic) bond motifs is 1. The van der Waals surface area contributed by atoms with Crippen LogP contribution in [0.4, 0.5) is 0 Å². The Hall–Kier alpha value is -2.68. The number of aryl methyl sites for hydroxylation is 1. The standard InChI is InChI=1S/C28H23BrSi/c29-28-18-10-11-22-19-20-26(21-27(22)28)30(23-12-4-1-5-13-23,24-14-6-2-7-15-24)25-16-8-3-9-17-25/h1-9,12-21H,10-11H2. The van der Waals surface area contributed by atoms with Crippen molar-refractivity contribution >= 4 is 49.2 Å². The van der Waals surface area contributed by atoms with Gasteiger partial charge < -0.3 is 0 Å². The lowest BCUT2D eigenvalue weighted by atomic mass is 9.98. The molecular formula is C28H23BrSi. The molecule has 0 aliphatic heterocycles. The van der Waals surface area contributed by atoms with Crippen molar-refractivity contribution in [3.8, 4) is 0 Å². The molecule has 5 rings (SSSR count). The quantitative estimate of drug-likeness (QED) is 0.300. The van der Waals surface area contributed by atoms with E-state index in [1.807, 2.05) is 0 Å². The first-order valence-electron chi connectivity index (χ1n) is 10.5. The molecule has 0 fully saturated rings. The highest BCUT2D eigenvalue weighted by molar-refractivity contribution is 9.15. The van der Waals surface area contributed by atoms with E-state index in [1.54, 1.807) is 0 Å². The highest BCUT2D eigenvalue weighted by Gasteiger charge is 2.41. The number of allylic oxidation sites excluding steroid dienone is 1. The third-order valence-corrected chi connectivity index (χ3v) is 11.7. The topological polar surface area (TPSA) is 0 Å². The van der Waals surface area contributed by atoms with Crippen LogP contribution in [0.1, 0.15) is 17.5 Å². The third kappa shape index (κ3) is 3.21. The Morgan fingerprint density at radius 1 is 0.567 bits per heavy atom. The molecule has 146 valence electrons. The third-order valence-electron chi connectivity index (χ3n) is 6.16. The van der Waals surface area contributed by atoms with Gasteiger partial charge in [0.25, 0.3) is 0 Å². The van der Waals surface area contributed by atoms with Crippen molar-refractivity contribution in [2.24, 2.45) is 0 Å². The Labute approximate surface area is 188 Å². The second-order valence-electron chi connectivity index (χ2n) is 7.81. The summed E-state index contributed by atoms with van der Waals surface area (Å²) < 4.78 is 1.22. The van der Waals surface area contributed by atoms with E-state index in [-0.39, 0.29) is 0 Å². The van der Waals surface area contributed by atoms with Gasteiger partial charge in [-0.3, -0.25) is 0 Å². The Morgan fingerprint density at radius 3 is 1.57 bits per heavy atom. The van der Waals surface area contributed by atoms with Gasteiger partial charge in [0.05, 0.1) is 0 Å². The van der Waals surface area contributed by atoms with Crippen LogP contribution in [0.25, 0.3) is 4.48 Å². The van der Waals surface area contributed by atoms with Crippen LogP contribution in [-0.4, -0.2) is 8.07 Å². The molecule has 0 aromatic heterocycles. The lowest BCUT2D eigenvalue weighted by Gasteiger charge is -2.35. The van der Waals surface area contributed by atoms with Crippen molar-refractivity contribution in [1.29, 1.82) is 0 Å². The first-order valence-corrected chi connectivity index (χ1v) is 13.3. The fourth-order valence-electron chi connectivity index (χ4n) is 4.78. The normalized spacial score (nSPS) is 13.4. The van der Waals surface area contributed by atoms with Crippen molar-refractivity contribution in [1.82, 2.24) is 0 Å². The van der Waals surface area contributed by atoms with Crippen LogP contribution in [0.3, 0.4) is 0 Å². The molecule has 0 saturated carbocycles. The maximum absolute atomic E-state index is 3.83. The van der Waals surface area contributed by atoms with Gasteiger partial charge in [-0.15, -0.1) is 0 Å². The van der Waals surface area contributed by atoms with Gasteiger partial charge in [0.15, 0.2) is 8.07 Å². The summed E-state index contributed by atoms with van der Waals surface area (Å²) in [5, 5.41) is 5.67. The highest BCUT2D eigenvalue weighted by Crippen LogP contribution is 2.30. The zero-order chi connectivity index (χ0) is 20.4. The second kappa shape index (κ2) is 8.21. The van der Waals surface area contributed by atoms with Crippen molar-refractivity contribution in [2.75, 3.05) is 0 Å². The summed E-state index contributed by atoms with van der Waals surface area (Å²) in [6.07, 6.45) is 4.52. The van der Waals surface area contributed by atoms with E-state index >= 15 is 0 Å². The van der Waals surface area contributed by atoms with Gasteiger partial charge in [-0.25, -0.2) is 0 Å². The molecule has 1 aliphatic carbocycles. The highest BCUT2D eigenvalue weighted by atomic mass is 79.9. The summed E-state index contributed by atoms with van der Waals surface area (Å²) in [4.78, 5) is 0. The molecule has 0 saturated heterocycles. The monoisotopic (exact) mass is 466 g/mol. The second-order valence-corrected chi connectivity index (χ2v) is 12.5. The zero-order valence-electron chi connectivity index (χ0n) is 16.8. The van der Waals surface area contributed by atoms with E-state index in [1.165, 1.54) is 36.4 Å². The van der Waals surface area contributed by atoms with E-state index in [2.05, 4.69) is 131 Å². The van der Waals surface area contributed by atoms with Crippen LogP contribution in [-0.2, 0) is 6.42 Å². The first kappa shape index (κ1) is 19.3. The summed E-state index contributed by atoms with van der Waals surface area (Å²) in [5.74, 6) is 0. The fourth-order valence-corrected chi connectivity index (χ4v) is 10.1. The van der Waals surface area contributed by atoms with Crippen molar-refractivity contribution < 1.29 is 0 Å². The molecule has 2 heteroatoms. The number of hydrogen-bond acceptors (Lipinski definition) is 0. The minimum atomic E-state index is -2.44. The van der Waals surface area contributed by atoms with Gasteiger partial charge >= 0.3 is 0 Å². The molecule has 0 amide bonds. The Morgan fingerprint density at radius 2 is 1.07 bits per heavy atom. The molecule has 4 aromatic rings. The lowest BCUT2D eigenvalue weighted by Crippen LogP contribution is -2.74. The molecule has 1 aliphatic rings. The van der Waals surface area contributed by atoms with Gasteiger partial charge in [0.1, 0.15) is 0 Å². The van der Waals surface area contributed by atoms with E-state index in [9.17, 15) is 0 Å². The lowest BCUT2D eigenvalue weighted by molar-refractivity contribution is 0.985. The van der Waals surface area contributed by atoms with Gasteiger partial charge in [-0.05, 0) is 44.7 Å². The maximum atomic E-state index is 3.83. The molecule has 0 radical (unpaired) electrons. The molecule has 0 unspecified atom stereocenters. The smallest absolute Gasteiger partial charge is 0.0693 e. The van der Waals surface area contributed by atoms with E-state index in [4.69, 9.17) is 0 Å². The minimum absolute atomic E-state index is 1.10. The molecular weight excluding hydrogens is 444 g/mol. The van der Waals surface area contributed by atoms with Gasteiger partial charge in [0, 0.05) is 4.48 Å². The van der Waals surface area contributed by atoms with Crippen LogP contribution < -0.4 is 20.7 Å². The Balaban J connectivity index is 1.88. The Kier molecular flexibility index (Phi) is 5.28. The van der Waals surface area contributed by atoms with E-state index < -0.39 is 8.07 Å². The van der Waals surface area contributed by atoms with Gasteiger partial charge in [0.2, 0.25) is 0 Å². The van der Waals surface area contributed by atoms with Crippen LogP contribution in [0.15, 0.2) is 115 Å². The molecule has 0 heterocycles. The summed E-state index contributed by atoms with van der Waals surface area (Å²) in [7, 11) is -2.44. The SMILES string of the molecule is BrC1=CCCc2ccc([Si](c3ccccc3)(c3ccccc3)c3ccccc3)cc21. The van der Waals surface area contributed by atoms with Gasteiger partial charge in [-0.1, -0.05) is 131 Å². The van der Waals surface area contributed by atoms with Crippen LogP contribution in [0.5, 0.6) is 0 Å². The molecule has 0 N–H and O–H groups in total. The number of hydrogen-bond donors (Lipinski definition) is 0. The summed E-state index contributed by atoms with van der Waals surface area (Å²) >= 11 is 3.83. The summed E-state index contributed by atoms with van der Waals surface area (Å²) in [5.41, 5.74) is 2.78. The van der Waals surface area contributed by atoms with Crippen molar-refractivity contribution in [2.45, 2.75) is 12.8 Å². The fraction of sp³-hybridized carbons (Fsp3) is 0.0714. The Bertz CT molecular complexity index is 1080. The average molecular weight is 467 g/mol. The maximum Gasteiger partial charge on any atom is 0.179 e. The van der Waals surface area contributed by atoms with Crippen LogP contribution in [0.2, 0.25) is 0 Å². The molecule has 0 nitrogen and oxygen atoms in total. The minimum Gasteiger partial charge on any atom is -0.0693 e. The van der Waals surface area contributed by atoms with E-state index in [0.29, 0.717) is 0 Å². The van der Waals surface area contributed by atoms with Gasteiger partial charge in [-0.2, -0.15) is 0 Å². The van der Waals surface area contributed by atoms with Crippen molar-refractivity contribution in [3.05, 3.63) is 126 Å². The van der Waals surface area contributed by atoms with Crippen LogP contribution in [0, 0.1) is 0 Å². The predicted octanol–water partition coefficient (Wildman–Crippen LogP) is 4.75. The zero-order valence-corrected chi connectivity index (χ0v) is 19.3. The summed E-state index contributed by atoms with van der Waals surface area (Å²) in [6, 6.07) is 40.5. The molecule has 0 spiro atoms. The number of halogens is 1. The molecule has 4 aromatic carbocycles. The number of rotatable bonds is 4. The van der Waals surface area contributed by atoms with Crippen LogP contribution >= 0.6 is 15.9 Å².